The molecule has 43 heavy (non-hydrogen) atoms. The standard InChI is InChI=1S/C34H44FN5O3/c1-7-27-10-8-9-11-30(27)39(22-26-12-14-28(35)15-13-26)32(25(4)5)38-20-17-29(18-21-38)37(6)33-36-19-16-31(41)40(33)34(42)43-23-24(2)3/h8-16,19,24,29,32H,4,7,17-18,20-23H2,1-3,5-6H3. The van der Waals surface area contributed by atoms with Crippen molar-refractivity contribution in [1.29, 1.82) is 0 Å². The summed E-state index contributed by atoms with van der Waals surface area (Å²) in [6.07, 6.45) is 3.13. The summed E-state index contributed by atoms with van der Waals surface area (Å²) >= 11 is 0. The molecule has 230 valence electrons. The molecule has 0 spiro atoms. The van der Waals surface area contributed by atoms with Crippen LogP contribution in [0.1, 0.15) is 51.7 Å². The lowest BCUT2D eigenvalue weighted by molar-refractivity contribution is 0.133. The summed E-state index contributed by atoms with van der Waals surface area (Å²) < 4.78 is 20.1. The van der Waals surface area contributed by atoms with Crippen molar-refractivity contribution in [2.45, 2.75) is 65.7 Å². The van der Waals surface area contributed by atoms with Crippen LogP contribution in [0.5, 0.6) is 0 Å². The second-order valence-corrected chi connectivity index (χ2v) is 11.7. The Morgan fingerprint density at radius 2 is 1.79 bits per heavy atom. The normalized spacial score (nSPS) is 14.9. The molecule has 0 saturated carbocycles. The highest BCUT2D eigenvalue weighted by molar-refractivity contribution is 5.74. The van der Waals surface area contributed by atoms with Gasteiger partial charge >= 0.3 is 6.09 Å². The van der Waals surface area contributed by atoms with Crippen molar-refractivity contribution in [2.75, 3.05) is 36.5 Å². The molecule has 1 aliphatic heterocycles. The van der Waals surface area contributed by atoms with E-state index in [1.54, 1.807) is 0 Å². The SMILES string of the molecule is C=C(C)C(N1CCC(N(C)c2nccc(=O)n2C(=O)OCC(C)C)CC1)N(Cc1ccc(F)cc1)c1ccccc1CC. The van der Waals surface area contributed by atoms with Crippen LogP contribution in [0.25, 0.3) is 0 Å². The summed E-state index contributed by atoms with van der Waals surface area (Å²) in [5.41, 5.74) is 3.95. The molecule has 9 heteroatoms. The van der Waals surface area contributed by atoms with Crippen molar-refractivity contribution in [3.63, 3.8) is 0 Å². The van der Waals surface area contributed by atoms with Crippen molar-refractivity contribution in [1.82, 2.24) is 14.5 Å². The number of aromatic nitrogens is 2. The van der Waals surface area contributed by atoms with E-state index in [-0.39, 0.29) is 36.5 Å². The van der Waals surface area contributed by atoms with Crippen LogP contribution in [-0.4, -0.2) is 59.5 Å². The highest BCUT2D eigenvalue weighted by Gasteiger charge is 2.33. The van der Waals surface area contributed by atoms with Gasteiger partial charge in [-0.05, 0) is 67.0 Å². The van der Waals surface area contributed by atoms with E-state index in [0.29, 0.717) is 6.54 Å². The van der Waals surface area contributed by atoms with E-state index in [1.165, 1.54) is 30.0 Å². The highest BCUT2D eigenvalue weighted by atomic mass is 19.1. The third-order valence-electron chi connectivity index (χ3n) is 7.94. The first kappa shape index (κ1) is 31.9. The third kappa shape index (κ3) is 7.70. The molecule has 1 aromatic heterocycles. The summed E-state index contributed by atoms with van der Waals surface area (Å²) in [5.74, 6) is 0.180. The van der Waals surface area contributed by atoms with Crippen molar-refractivity contribution in [2.24, 2.45) is 5.92 Å². The molecule has 0 aliphatic carbocycles. The van der Waals surface area contributed by atoms with Crippen LogP contribution in [0.15, 0.2) is 77.7 Å². The zero-order valence-corrected chi connectivity index (χ0v) is 26.0. The predicted molar refractivity (Wildman–Crippen MR) is 170 cm³/mol. The largest absolute Gasteiger partial charge is 0.449 e. The molecule has 2 heterocycles. The van der Waals surface area contributed by atoms with Crippen LogP contribution >= 0.6 is 0 Å². The van der Waals surface area contributed by atoms with Crippen LogP contribution < -0.4 is 15.4 Å². The molecule has 0 bridgehead atoms. The zero-order valence-electron chi connectivity index (χ0n) is 26.0. The zero-order chi connectivity index (χ0) is 31.1. The van der Waals surface area contributed by atoms with Crippen LogP contribution in [0.4, 0.5) is 20.8 Å². The average Bonchev–Trinajstić information content (AvgIpc) is 3.00. The fraction of sp³-hybridized carbons (Fsp3) is 0.441. The molecule has 0 N–H and O–H groups in total. The van der Waals surface area contributed by atoms with E-state index >= 15 is 0 Å². The summed E-state index contributed by atoms with van der Waals surface area (Å²) in [6, 6.07) is 16.5. The Bertz CT molecular complexity index is 1450. The van der Waals surface area contributed by atoms with E-state index in [9.17, 15) is 14.0 Å². The monoisotopic (exact) mass is 589 g/mol. The minimum Gasteiger partial charge on any atom is -0.449 e. The van der Waals surface area contributed by atoms with Gasteiger partial charge in [-0.3, -0.25) is 9.69 Å². The molecule has 8 nitrogen and oxygen atoms in total. The molecule has 1 fully saturated rings. The number of benzene rings is 2. The fourth-order valence-corrected chi connectivity index (χ4v) is 5.76. The number of ether oxygens (including phenoxy) is 1. The number of piperidine rings is 1. The first-order valence-electron chi connectivity index (χ1n) is 15.1. The topological polar surface area (TPSA) is 70.9 Å². The van der Waals surface area contributed by atoms with Gasteiger partial charge in [0.2, 0.25) is 5.95 Å². The number of halogens is 1. The van der Waals surface area contributed by atoms with Gasteiger partial charge in [0.05, 0.1) is 6.61 Å². The number of carbonyl (C=O) groups is 1. The van der Waals surface area contributed by atoms with E-state index < -0.39 is 11.7 Å². The molecule has 0 radical (unpaired) electrons. The Labute approximate surface area is 254 Å². The van der Waals surface area contributed by atoms with Gasteiger partial charge in [0, 0.05) is 50.7 Å². The quantitative estimate of drug-likeness (QED) is 0.251. The maximum absolute atomic E-state index is 13.7. The molecular weight excluding hydrogens is 545 g/mol. The number of aryl methyl sites for hydroxylation is 1. The Balaban J connectivity index is 1.57. The molecule has 0 amide bonds. The molecule has 2 aromatic carbocycles. The first-order valence-corrected chi connectivity index (χ1v) is 15.1. The Morgan fingerprint density at radius 1 is 1.12 bits per heavy atom. The second-order valence-electron chi connectivity index (χ2n) is 11.7. The molecular formula is C34H44FN5O3. The number of rotatable bonds is 11. The van der Waals surface area contributed by atoms with E-state index in [0.717, 1.165) is 53.7 Å². The van der Waals surface area contributed by atoms with Gasteiger partial charge in [-0.1, -0.05) is 57.7 Å². The van der Waals surface area contributed by atoms with Gasteiger partial charge < -0.3 is 14.5 Å². The van der Waals surface area contributed by atoms with Gasteiger partial charge in [-0.2, -0.15) is 4.57 Å². The van der Waals surface area contributed by atoms with Crippen LogP contribution in [0.3, 0.4) is 0 Å². The smallest absolute Gasteiger partial charge is 0.423 e. The van der Waals surface area contributed by atoms with Crippen LogP contribution in [-0.2, 0) is 17.7 Å². The maximum Gasteiger partial charge on any atom is 0.423 e. The van der Waals surface area contributed by atoms with E-state index in [4.69, 9.17) is 4.74 Å². The van der Waals surface area contributed by atoms with Gasteiger partial charge in [-0.25, -0.2) is 14.2 Å². The Kier molecular flexibility index (Phi) is 10.7. The molecule has 1 saturated heterocycles. The average molecular weight is 590 g/mol. The van der Waals surface area contributed by atoms with Crippen LogP contribution in [0, 0.1) is 11.7 Å². The Morgan fingerprint density at radius 3 is 2.42 bits per heavy atom. The van der Waals surface area contributed by atoms with Crippen molar-refractivity contribution in [3.8, 4) is 0 Å². The lowest BCUT2D eigenvalue weighted by Gasteiger charge is -2.46. The Hall–Kier alpha value is -3.98. The summed E-state index contributed by atoms with van der Waals surface area (Å²) in [7, 11) is 1.88. The lowest BCUT2D eigenvalue weighted by Crippen LogP contribution is -2.54. The lowest BCUT2D eigenvalue weighted by atomic mass is 10.00. The fourth-order valence-electron chi connectivity index (χ4n) is 5.76. The summed E-state index contributed by atoms with van der Waals surface area (Å²) in [6.45, 7) is 14.9. The van der Waals surface area contributed by atoms with Gasteiger partial charge in [0.25, 0.3) is 5.56 Å². The molecule has 1 unspecified atom stereocenters. The number of carbonyl (C=O) groups excluding carboxylic acids is 1. The maximum atomic E-state index is 13.7. The second kappa shape index (κ2) is 14.5. The van der Waals surface area contributed by atoms with Crippen LogP contribution in [0.2, 0.25) is 0 Å². The highest BCUT2D eigenvalue weighted by Crippen LogP contribution is 2.31. The first-order chi connectivity index (χ1) is 20.6. The number of hydrogen-bond acceptors (Lipinski definition) is 7. The molecule has 1 aliphatic rings. The van der Waals surface area contributed by atoms with Crippen molar-refractivity contribution in [3.05, 3.63) is 100 Å². The molecule has 1 atom stereocenters. The number of hydrogen-bond donors (Lipinski definition) is 0. The molecule has 4 rings (SSSR count). The minimum atomic E-state index is -0.709. The van der Waals surface area contributed by atoms with Gasteiger partial charge in [0.15, 0.2) is 0 Å². The molecule has 3 aromatic rings. The van der Waals surface area contributed by atoms with Gasteiger partial charge in [-0.15, -0.1) is 0 Å². The van der Waals surface area contributed by atoms with Gasteiger partial charge in [0.1, 0.15) is 12.0 Å². The van der Waals surface area contributed by atoms with Crippen molar-refractivity contribution < 1.29 is 13.9 Å². The van der Waals surface area contributed by atoms with Crippen molar-refractivity contribution >= 4 is 17.7 Å². The number of likely N-dealkylation sites (tertiary alicyclic amines) is 1. The minimum absolute atomic E-state index is 0.0638. The van der Waals surface area contributed by atoms with E-state index in [2.05, 4.69) is 59.5 Å². The number of nitrogens with zero attached hydrogens (tertiary/aromatic N) is 5. The number of para-hydroxylation sites is 1. The summed E-state index contributed by atoms with van der Waals surface area (Å²) in [5, 5.41) is 0. The van der Waals surface area contributed by atoms with E-state index in [1.807, 2.05) is 37.9 Å². The number of anilines is 2. The predicted octanol–water partition coefficient (Wildman–Crippen LogP) is 6.10. The summed E-state index contributed by atoms with van der Waals surface area (Å²) in [4.78, 5) is 36.7. The third-order valence-corrected chi connectivity index (χ3v) is 7.94.